The summed E-state index contributed by atoms with van der Waals surface area (Å²) in [5, 5.41) is 51.9. The molecule has 2 amide bonds. The minimum absolute atomic E-state index is 0. The van der Waals surface area contributed by atoms with Crippen LogP contribution < -0.4 is 40.5 Å². The van der Waals surface area contributed by atoms with Gasteiger partial charge in [0, 0.05) is 164 Å². The number of thiophene rings is 4. The van der Waals surface area contributed by atoms with Crippen molar-refractivity contribution in [3.05, 3.63) is 310 Å². The SMILES string of the molecule is C1CCNCC1.Cl.Clc1cccc2sccc12.O=C(O)/C(S)=C/c1c(Cl)cccc1Cl.O=C(O)CS.O=C(O)c1cc2c(Cl)cccc2s1.O=C1C=Cc2ccc(OCCCCCl)cc2C1.O=C1C=Cc2ccc(OCCCCN3CCN(c4cccc5sccc45)CC3)cc2C1.O=C1CSC(=S)N1.O=C1NC(=S)S/C1=C\c1c(Cl)cccc1Cl.O=Cc1c(Cl)cccc1Cl.c1cc(N2CCNCC2)c2ccsc2c1. The second-order valence-corrected chi connectivity index (χ2v) is 43.3. The lowest BCUT2D eigenvalue weighted by Crippen LogP contribution is -2.46. The van der Waals surface area contributed by atoms with Crippen molar-refractivity contribution in [3.63, 3.8) is 0 Å². The number of fused-ring (bicyclic) bond motifs is 6. The number of aromatic carboxylic acids is 1. The Morgan fingerprint density at radius 3 is 1.34 bits per heavy atom. The van der Waals surface area contributed by atoms with Crippen LogP contribution in [0.3, 0.4) is 0 Å². The van der Waals surface area contributed by atoms with E-state index in [4.69, 9.17) is 141 Å². The number of carbonyl (C=O) groups excluding carboxylic acids is 5. The Balaban J connectivity index is 0.000000184. The Hall–Kier alpha value is -8.30. The van der Waals surface area contributed by atoms with Crippen molar-refractivity contribution in [2.75, 3.05) is 112 Å². The number of amides is 2. The zero-order valence-electron chi connectivity index (χ0n) is 77.6. The van der Waals surface area contributed by atoms with E-state index in [-0.39, 0.29) is 46.4 Å². The molecule has 0 spiro atoms. The number of piperidine rings is 1. The Kier molecular flexibility index (Phi) is 53.3. The van der Waals surface area contributed by atoms with Crippen molar-refractivity contribution in [2.24, 2.45) is 0 Å². The van der Waals surface area contributed by atoms with Gasteiger partial charge in [0.15, 0.2) is 17.9 Å². The lowest BCUT2D eigenvalue weighted by atomic mass is 9.96. The highest BCUT2D eigenvalue weighted by atomic mass is 35.5. The van der Waals surface area contributed by atoms with Crippen molar-refractivity contribution in [3.8, 4) is 11.5 Å². The molecular weight excluding hydrogens is 2240 g/mol. The van der Waals surface area contributed by atoms with E-state index < -0.39 is 17.9 Å². The van der Waals surface area contributed by atoms with Crippen LogP contribution in [0.5, 0.6) is 11.5 Å². The zero-order chi connectivity index (χ0) is 103. The van der Waals surface area contributed by atoms with Crippen molar-refractivity contribution in [1.82, 2.24) is 26.2 Å². The molecule has 5 fully saturated rings. The third kappa shape index (κ3) is 39.9. The molecule has 13 aromatic rings. The minimum atomic E-state index is -1.12. The molecule has 2 aliphatic carbocycles. The number of thioether (sulfide) groups is 2. The third-order valence-corrected chi connectivity index (χ3v) is 31.1. The monoisotopic (exact) mass is 2340 g/mol. The van der Waals surface area contributed by atoms with Crippen LogP contribution in [0.1, 0.15) is 98.4 Å². The maximum Gasteiger partial charge on any atom is 0.345 e. The van der Waals surface area contributed by atoms with Crippen LogP contribution in [-0.2, 0) is 41.6 Å². The van der Waals surface area contributed by atoms with E-state index in [9.17, 15) is 38.4 Å². The molecule has 4 aromatic heterocycles. The third-order valence-electron chi connectivity index (χ3n) is 21.5. The van der Waals surface area contributed by atoms with Crippen molar-refractivity contribution < 1.29 is 63.1 Å². The average Bonchev–Trinajstić information content (AvgIpc) is 1.69. The number of aldehydes is 1. The van der Waals surface area contributed by atoms with E-state index in [0.717, 1.165) is 145 Å². The standard InChI is InChI=1S/C26H28N2O2S.C14H15ClO2.C12H14N2S.C10H5Cl2NOS2.C9H6Cl2O2S.C9H5ClO2S.C8H5ClS.C7H4Cl2O.C5H11N.C3H3NOS2.C2H4O2S.ClH/c29-22-8-6-20-7-9-23(19-21(20)18-22)30-16-2-1-11-27-12-14-28(15-13-27)25-4-3-5-26-24(25)10-17-31-26;15-7-1-2-8-17-14-6-4-11-3-5-13(16)9-12(11)10-14;1-2-11(14-7-5-13-6-8-14)10-4-9-15-12(10)3-1;11-6-2-1-3-7(12)5(6)4-8-9(14)13-10(15)16-8;10-6-2-1-3-7(11)5(6)4-8(14)9(12)13;10-6-2-1-3-7-5(6)4-8(13-7)9(11)12;9-7-2-1-3-8-6(7)4-5-10-8;8-6-2-1-3-7(9)5(6)4-10;1-2-4-6-5-3-1;5-2-1-7-3(6)4-2;3-2(4)1-5;/h3-10,17,19H,1-2,11-16,18H2;3-6,10H,1-2,7-9H2;1-4,9,13H,5-8H2;1-4H,(H,13,14,15);1-4,14H,(H,12,13);1-4H,(H,11,12);1-5H;1-4H;6H,1-5H2;1H2,(H,4,5,6);5H,1H2,(H,3,4);1H/b;;;2*8-4-;;;;;;;. The molecule has 20 rings (SSSR count). The van der Waals surface area contributed by atoms with Crippen LogP contribution in [0, 0.1) is 0 Å². The number of aliphatic carboxylic acids is 2. The molecule has 0 radical (unpaired) electrons. The van der Waals surface area contributed by atoms with Gasteiger partial charge in [0.25, 0.3) is 5.91 Å². The molecule has 20 nitrogen and oxygen atoms in total. The lowest BCUT2D eigenvalue weighted by molar-refractivity contribution is -0.134. The largest absolute Gasteiger partial charge is 0.494 e. The van der Waals surface area contributed by atoms with E-state index in [1.807, 2.05) is 102 Å². The summed E-state index contributed by atoms with van der Waals surface area (Å²) < 4.78 is 17.5. The van der Waals surface area contributed by atoms with Gasteiger partial charge in [0.05, 0.1) is 50.1 Å². The van der Waals surface area contributed by atoms with Crippen LogP contribution in [0.15, 0.2) is 226 Å². The summed E-state index contributed by atoms with van der Waals surface area (Å²) in [6, 6.07) is 59.8. The Morgan fingerprint density at radius 1 is 0.483 bits per heavy atom. The van der Waals surface area contributed by atoms with E-state index in [1.165, 1.54) is 110 Å². The molecule has 7 aliphatic rings. The van der Waals surface area contributed by atoms with Crippen molar-refractivity contribution >= 4 is 368 Å². The van der Waals surface area contributed by atoms with Crippen LogP contribution in [0.4, 0.5) is 11.4 Å². The second kappa shape index (κ2) is 64.3. The normalized spacial score (nSPS) is 14.6. The molecule has 0 saturated carbocycles. The van der Waals surface area contributed by atoms with Crippen LogP contribution in [0.2, 0.25) is 40.2 Å². The summed E-state index contributed by atoms with van der Waals surface area (Å²) in [5.74, 6) is 0.00928. The van der Waals surface area contributed by atoms with E-state index in [0.29, 0.717) is 108 Å². The van der Waals surface area contributed by atoms with Gasteiger partial charge in [0.1, 0.15) is 25.0 Å². The van der Waals surface area contributed by atoms with Crippen molar-refractivity contribution in [1.29, 1.82) is 0 Å². The smallest absolute Gasteiger partial charge is 0.345 e. The topological polar surface area (TPSA) is 274 Å². The van der Waals surface area contributed by atoms with Crippen LogP contribution >= 0.6 is 235 Å². The van der Waals surface area contributed by atoms with Crippen molar-refractivity contribution in [2.45, 2.75) is 57.8 Å². The molecule has 7 N–H and O–H groups in total. The molecule has 40 heteroatoms. The van der Waals surface area contributed by atoms with Gasteiger partial charge in [-0.1, -0.05) is 214 Å². The van der Waals surface area contributed by atoms with Gasteiger partial charge in [-0.25, -0.2) is 9.59 Å². The highest BCUT2D eigenvalue weighted by Gasteiger charge is 2.25. The minimum Gasteiger partial charge on any atom is -0.494 e. The first-order chi connectivity index (χ1) is 69.5. The number of rotatable bonds is 19. The fourth-order valence-corrected chi connectivity index (χ4v) is 21.9. The number of nitrogens with one attached hydrogen (secondary N) is 4. The molecule has 5 saturated heterocycles. The number of carbonyl (C=O) groups is 8. The number of ether oxygens (including phenoxy) is 2. The maximum atomic E-state index is 11.6. The number of alkyl halides is 1. The van der Waals surface area contributed by atoms with Gasteiger partial charge in [-0.05, 0) is 254 Å². The summed E-state index contributed by atoms with van der Waals surface area (Å²) in [7, 11) is 0. The number of thiocarbonyl (C=S) groups is 2. The molecule has 0 atom stereocenters. The zero-order valence-corrected chi connectivity index (χ0v) is 93.5. The van der Waals surface area contributed by atoms with Gasteiger partial charge in [0.2, 0.25) is 5.91 Å². The maximum absolute atomic E-state index is 11.6. The quantitative estimate of drug-likeness (QED) is 0.00909. The molecule has 0 unspecified atom stereocenters. The highest BCUT2D eigenvalue weighted by molar-refractivity contribution is 8.27. The number of nitrogens with zero attached hydrogens (tertiary/aromatic N) is 3. The Labute approximate surface area is 939 Å². The van der Waals surface area contributed by atoms with Gasteiger partial charge in [-0.2, -0.15) is 12.6 Å². The fraction of sp³-hybridized carbons (Fsp3) is 0.238. The highest BCUT2D eigenvalue weighted by Crippen LogP contribution is 2.38. The van der Waals surface area contributed by atoms with Gasteiger partial charge < -0.3 is 55.9 Å². The number of anilines is 2. The number of carboxylic acids is 3. The van der Waals surface area contributed by atoms with Crippen LogP contribution in [-0.4, -0.2) is 179 Å². The molecule has 145 heavy (non-hydrogen) atoms. The molecule has 5 aliphatic heterocycles. The predicted octanol–water partition coefficient (Wildman–Crippen LogP) is 28.3. The summed E-state index contributed by atoms with van der Waals surface area (Å²) in [5.41, 5.74) is 8.58. The van der Waals surface area contributed by atoms with E-state index in [2.05, 4.69) is 144 Å². The molecule has 0 bridgehead atoms. The number of hydrogen-bond acceptors (Lipinski definition) is 25. The van der Waals surface area contributed by atoms with Crippen LogP contribution in [0.25, 0.3) is 64.6 Å². The van der Waals surface area contributed by atoms with Gasteiger partial charge in [-0.15, -0.1) is 82.0 Å². The molecule has 9 aromatic carbocycles. The summed E-state index contributed by atoms with van der Waals surface area (Å²) in [6.45, 7) is 13.9. The molecule has 764 valence electrons. The second-order valence-electron chi connectivity index (χ2n) is 31.6. The molecule has 9 heterocycles. The average molecular weight is 2340 g/mol. The first-order valence-electron chi connectivity index (χ1n) is 45.0. The van der Waals surface area contributed by atoms with E-state index in [1.54, 1.807) is 96.3 Å². The lowest BCUT2D eigenvalue weighted by Gasteiger charge is -2.36. The number of halogens is 10. The Bertz CT molecular complexity index is 6660. The van der Waals surface area contributed by atoms with E-state index >= 15 is 0 Å². The first kappa shape index (κ1) is 120. The number of ketones is 2. The fourth-order valence-electron chi connectivity index (χ4n) is 14.4. The number of hydrogen-bond donors (Lipinski definition) is 9. The first-order valence-corrected chi connectivity index (χ1v) is 55.7. The number of thiol groups is 2. The van der Waals surface area contributed by atoms with Gasteiger partial charge in [-0.3, -0.25) is 33.7 Å². The summed E-state index contributed by atoms with van der Waals surface area (Å²) in [4.78, 5) is 93.6. The number of allylic oxidation sites excluding steroid dienone is 2. The number of unbranched alkanes of at least 4 members (excludes halogenated alkanes) is 2. The molecular formula is C105H101Cl10N7O13S10. The Morgan fingerprint density at radius 2 is 0.931 bits per heavy atom. The number of benzene rings is 9. The predicted molar refractivity (Wildman–Crippen MR) is 631 cm³/mol. The summed E-state index contributed by atoms with van der Waals surface area (Å²) in [6.07, 6.45) is 19.9. The number of piperazine rings is 2. The summed E-state index contributed by atoms with van der Waals surface area (Å²) >= 11 is 78.1. The van der Waals surface area contributed by atoms with Gasteiger partial charge >= 0.3 is 17.9 Å². The number of carboxylic acid groups (broad SMARTS) is 3.